The van der Waals surface area contributed by atoms with Gasteiger partial charge in [0.2, 0.25) is 5.91 Å². The molecule has 1 saturated heterocycles. The average Bonchev–Trinajstić information content (AvgIpc) is 2.64. The minimum atomic E-state index is -0.508. The first kappa shape index (κ1) is 16.9. The normalized spacial score (nSPS) is 14.4. The van der Waals surface area contributed by atoms with Crippen LogP contribution >= 0.6 is 0 Å². The zero-order valence-electron chi connectivity index (χ0n) is 14.1. The number of carbonyl (C=O) groups is 1. The lowest BCUT2D eigenvalue weighted by Crippen LogP contribution is -2.49. The Balaban J connectivity index is 1.57. The molecule has 0 saturated carbocycles. The van der Waals surface area contributed by atoms with Crippen molar-refractivity contribution >= 4 is 17.4 Å². The number of piperazine rings is 1. The van der Waals surface area contributed by atoms with Gasteiger partial charge in [0.1, 0.15) is 0 Å². The lowest BCUT2D eigenvalue weighted by molar-refractivity contribution is -0.389. The maximum absolute atomic E-state index is 12.5. The number of aromatic nitrogens is 1. The Morgan fingerprint density at radius 2 is 1.88 bits per heavy atom. The van der Waals surface area contributed by atoms with Crippen molar-refractivity contribution in [1.82, 2.24) is 9.88 Å². The van der Waals surface area contributed by atoms with Crippen LogP contribution in [0.1, 0.15) is 11.1 Å². The molecule has 1 aromatic carbocycles. The van der Waals surface area contributed by atoms with Crippen LogP contribution in [0.3, 0.4) is 0 Å². The van der Waals surface area contributed by atoms with Gasteiger partial charge >= 0.3 is 5.82 Å². The van der Waals surface area contributed by atoms with Gasteiger partial charge in [0.15, 0.2) is 6.20 Å². The van der Waals surface area contributed by atoms with E-state index in [9.17, 15) is 14.9 Å². The van der Waals surface area contributed by atoms with E-state index < -0.39 is 4.92 Å². The van der Waals surface area contributed by atoms with Crippen molar-refractivity contribution in [3.8, 4) is 0 Å². The van der Waals surface area contributed by atoms with Crippen LogP contribution in [0.15, 0.2) is 42.6 Å². The number of hydrogen-bond donors (Lipinski definition) is 0. The zero-order valence-corrected chi connectivity index (χ0v) is 14.1. The van der Waals surface area contributed by atoms with Crippen molar-refractivity contribution < 1.29 is 9.72 Å². The van der Waals surface area contributed by atoms with Gasteiger partial charge in [0.05, 0.1) is 12.1 Å². The van der Waals surface area contributed by atoms with Crippen LogP contribution in [0, 0.1) is 17.0 Å². The number of anilines is 1. The minimum absolute atomic E-state index is 0.135. The molecule has 2 heterocycles. The van der Waals surface area contributed by atoms with E-state index in [0.29, 0.717) is 32.6 Å². The lowest BCUT2D eigenvalue weighted by atomic mass is 10.1. The van der Waals surface area contributed by atoms with Crippen LogP contribution in [0.4, 0.5) is 11.5 Å². The molecule has 2 aromatic rings. The van der Waals surface area contributed by atoms with E-state index in [2.05, 4.69) is 9.88 Å². The van der Waals surface area contributed by atoms with E-state index >= 15 is 0 Å². The Hall–Kier alpha value is -2.96. The molecule has 7 nitrogen and oxygen atoms in total. The SMILES string of the molecule is Cc1ccccc1CC(=O)N1CCN(c2ccc([N+](=O)[O-])nc2)CC1. The van der Waals surface area contributed by atoms with Gasteiger partial charge < -0.3 is 19.9 Å². The predicted octanol–water partition coefficient (Wildman–Crippen LogP) is 2.19. The summed E-state index contributed by atoms with van der Waals surface area (Å²) in [5.41, 5.74) is 3.04. The van der Waals surface area contributed by atoms with Gasteiger partial charge in [0, 0.05) is 32.2 Å². The molecule has 1 aliphatic heterocycles. The van der Waals surface area contributed by atoms with E-state index in [-0.39, 0.29) is 11.7 Å². The second-order valence-electron chi connectivity index (χ2n) is 6.10. The number of pyridine rings is 1. The van der Waals surface area contributed by atoms with Gasteiger partial charge in [0.25, 0.3) is 0 Å². The summed E-state index contributed by atoms with van der Waals surface area (Å²) in [6.45, 7) is 4.68. The monoisotopic (exact) mass is 340 g/mol. The molecule has 0 spiro atoms. The van der Waals surface area contributed by atoms with E-state index in [1.165, 1.54) is 12.3 Å². The quantitative estimate of drug-likeness (QED) is 0.630. The number of nitro groups is 1. The predicted molar refractivity (Wildman–Crippen MR) is 94.6 cm³/mol. The van der Waals surface area contributed by atoms with Crippen LogP contribution in [0.2, 0.25) is 0 Å². The number of hydrogen-bond acceptors (Lipinski definition) is 5. The molecule has 7 heteroatoms. The molecule has 1 fully saturated rings. The van der Waals surface area contributed by atoms with Gasteiger partial charge in [-0.3, -0.25) is 4.79 Å². The molecule has 3 rings (SSSR count). The van der Waals surface area contributed by atoms with Crippen LogP contribution in [-0.2, 0) is 11.2 Å². The van der Waals surface area contributed by atoms with Crippen LogP contribution in [0.25, 0.3) is 0 Å². The molecule has 0 atom stereocenters. The van der Waals surface area contributed by atoms with Gasteiger partial charge in [-0.15, -0.1) is 0 Å². The highest BCUT2D eigenvalue weighted by atomic mass is 16.6. The molecule has 130 valence electrons. The highest BCUT2D eigenvalue weighted by molar-refractivity contribution is 5.79. The largest absolute Gasteiger partial charge is 0.365 e. The minimum Gasteiger partial charge on any atom is -0.365 e. The first-order valence-corrected chi connectivity index (χ1v) is 8.22. The first-order chi connectivity index (χ1) is 12.0. The number of aryl methyl sites for hydroxylation is 1. The third kappa shape index (κ3) is 3.93. The van der Waals surface area contributed by atoms with Gasteiger partial charge in [-0.05, 0) is 34.0 Å². The van der Waals surface area contributed by atoms with E-state index in [1.807, 2.05) is 36.1 Å². The third-order valence-electron chi connectivity index (χ3n) is 4.52. The van der Waals surface area contributed by atoms with Crippen LogP contribution < -0.4 is 4.90 Å². The summed E-state index contributed by atoms with van der Waals surface area (Å²) in [6.07, 6.45) is 1.94. The van der Waals surface area contributed by atoms with E-state index in [4.69, 9.17) is 0 Å². The Kier molecular flexibility index (Phi) is 4.92. The lowest BCUT2D eigenvalue weighted by Gasteiger charge is -2.35. The van der Waals surface area contributed by atoms with Crippen molar-refractivity contribution in [2.24, 2.45) is 0 Å². The second-order valence-corrected chi connectivity index (χ2v) is 6.10. The summed E-state index contributed by atoms with van der Waals surface area (Å²) < 4.78 is 0. The van der Waals surface area contributed by atoms with E-state index in [1.54, 1.807) is 6.07 Å². The molecule has 1 aromatic heterocycles. The molecule has 1 aliphatic rings. The molecule has 1 amide bonds. The Bertz CT molecular complexity index is 768. The Morgan fingerprint density at radius 1 is 1.16 bits per heavy atom. The maximum Gasteiger partial charge on any atom is 0.363 e. The molecule has 25 heavy (non-hydrogen) atoms. The fourth-order valence-electron chi connectivity index (χ4n) is 2.97. The van der Waals surface area contributed by atoms with Crippen molar-refractivity contribution in [3.63, 3.8) is 0 Å². The number of carbonyl (C=O) groups excluding carboxylic acids is 1. The summed E-state index contributed by atoms with van der Waals surface area (Å²) in [4.78, 5) is 30.5. The molecule has 0 aliphatic carbocycles. The smallest absolute Gasteiger partial charge is 0.363 e. The third-order valence-corrected chi connectivity index (χ3v) is 4.52. The highest BCUT2D eigenvalue weighted by Crippen LogP contribution is 2.18. The van der Waals surface area contributed by atoms with E-state index in [0.717, 1.165) is 16.8 Å². The second kappa shape index (κ2) is 7.29. The molecule has 0 radical (unpaired) electrons. The number of rotatable bonds is 4. The number of amides is 1. The summed E-state index contributed by atoms with van der Waals surface area (Å²) in [5.74, 6) is -0.0217. The molecular weight excluding hydrogens is 320 g/mol. The zero-order chi connectivity index (χ0) is 17.8. The first-order valence-electron chi connectivity index (χ1n) is 8.22. The average molecular weight is 340 g/mol. The Morgan fingerprint density at radius 3 is 2.48 bits per heavy atom. The summed E-state index contributed by atoms with van der Waals surface area (Å²) in [7, 11) is 0. The summed E-state index contributed by atoms with van der Waals surface area (Å²) in [5, 5.41) is 10.7. The molecule has 0 unspecified atom stereocenters. The Labute approximate surface area is 146 Å². The van der Waals surface area contributed by atoms with Crippen molar-refractivity contribution in [2.75, 3.05) is 31.1 Å². The van der Waals surface area contributed by atoms with Crippen LogP contribution in [-0.4, -0.2) is 46.9 Å². The fraction of sp³-hybridized carbons (Fsp3) is 0.333. The van der Waals surface area contributed by atoms with Crippen molar-refractivity contribution in [2.45, 2.75) is 13.3 Å². The maximum atomic E-state index is 12.5. The highest BCUT2D eigenvalue weighted by Gasteiger charge is 2.22. The van der Waals surface area contributed by atoms with Gasteiger partial charge in [-0.1, -0.05) is 24.3 Å². The van der Waals surface area contributed by atoms with Crippen molar-refractivity contribution in [1.29, 1.82) is 0 Å². The number of benzene rings is 1. The molecule has 0 N–H and O–H groups in total. The summed E-state index contributed by atoms with van der Waals surface area (Å²) >= 11 is 0. The molecular formula is C18H20N4O3. The van der Waals surface area contributed by atoms with Crippen LogP contribution in [0.5, 0.6) is 0 Å². The van der Waals surface area contributed by atoms with Crippen molar-refractivity contribution in [3.05, 3.63) is 63.8 Å². The fourth-order valence-corrected chi connectivity index (χ4v) is 2.97. The summed E-state index contributed by atoms with van der Waals surface area (Å²) in [6, 6.07) is 11.0. The number of nitrogens with zero attached hydrogens (tertiary/aromatic N) is 4. The topological polar surface area (TPSA) is 79.6 Å². The molecule has 0 bridgehead atoms. The van der Waals surface area contributed by atoms with Gasteiger partial charge in [-0.25, -0.2) is 0 Å². The van der Waals surface area contributed by atoms with Gasteiger partial charge in [-0.2, -0.15) is 0 Å². The standard InChI is InChI=1S/C18H20N4O3/c1-14-4-2-3-5-15(14)12-18(23)21-10-8-20(9-11-21)16-6-7-17(19-13-16)22(24)25/h2-7,13H,8-12H2,1H3.